The number of hydrogen-bond acceptors (Lipinski definition) is 5. The predicted molar refractivity (Wildman–Crippen MR) is 104 cm³/mol. The fourth-order valence-electron chi connectivity index (χ4n) is 2.95. The number of piperazine rings is 1. The summed E-state index contributed by atoms with van der Waals surface area (Å²) in [6.07, 6.45) is 0. The SMILES string of the molecule is Cc1ccc(CN2CCNCC2)cc1NC(=O)CN=Nc1ccc(F)c(F)c1. The van der Waals surface area contributed by atoms with Gasteiger partial charge in [0.2, 0.25) is 5.91 Å². The zero-order chi connectivity index (χ0) is 19.9. The first-order valence-corrected chi connectivity index (χ1v) is 9.16. The van der Waals surface area contributed by atoms with Crippen LogP contribution in [0.3, 0.4) is 0 Å². The van der Waals surface area contributed by atoms with E-state index in [2.05, 4.69) is 31.8 Å². The molecule has 0 bridgehead atoms. The third kappa shape index (κ3) is 5.64. The Morgan fingerprint density at radius 3 is 2.68 bits per heavy atom. The smallest absolute Gasteiger partial charge is 0.247 e. The van der Waals surface area contributed by atoms with E-state index in [1.165, 1.54) is 6.07 Å². The van der Waals surface area contributed by atoms with Crippen molar-refractivity contribution in [3.63, 3.8) is 0 Å². The lowest BCUT2D eigenvalue weighted by Crippen LogP contribution is -2.42. The first-order chi connectivity index (χ1) is 13.5. The Bertz CT molecular complexity index is 866. The maximum Gasteiger partial charge on any atom is 0.247 e. The van der Waals surface area contributed by atoms with Crippen LogP contribution < -0.4 is 10.6 Å². The zero-order valence-electron chi connectivity index (χ0n) is 15.7. The van der Waals surface area contributed by atoms with Gasteiger partial charge in [0.15, 0.2) is 11.6 Å². The van der Waals surface area contributed by atoms with Gasteiger partial charge in [-0.2, -0.15) is 10.2 Å². The molecule has 148 valence electrons. The van der Waals surface area contributed by atoms with Crippen LogP contribution in [0.4, 0.5) is 20.2 Å². The molecule has 2 aromatic carbocycles. The van der Waals surface area contributed by atoms with Crippen molar-refractivity contribution < 1.29 is 13.6 Å². The highest BCUT2D eigenvalue weighted by molar-refractivity contribution is 5.93. The van der Waals surface area contributed by atoms with Crippen LogP contribution in [0.5, 0.6) is 0 Å². The summed E-state index contributed by atoms with van der Waals surface area (Å²) in [6.45, 7) is 6.52. The number of anilines is 1. The number of rotatable bonds is 6. The monoisotopic (exact) mass is 387 g/mol. The maximum atomic E-state index is 13.1. The molecule has 0 radical (unpaired) electrons. The van der Waals surface area contributed by atoms with Gasteiger partial charge >= 0.3 is 0 Å². The summed E-state index contributed by atoms with van der Waals surface area (Å²) in [4.78, 5) is 14.5. The molecule has 0 unspecified atom stereocenters. The average Bonchev–Trinajstić information content (AvgIpc) is 2.68. The Hall–Kier alpha value is -2.71. The molecule has 1 fully saturated rings. The third-order valence-electron chi connectivity index (χ3n) is 4.50. The van der Waals surface area contributed by atoms with Crippen LogP contribution in [-0.4, -0.2) is 43.5 Å². The highest BCUT2D eigenvalue weighted by atomic mass is 19.2. The Morgan fingerprint density at radius 1 is 1.14 bits per heavy atom. The number of nitrogens with one attached hydrogen (secondary N) is 2. The molecule has 1 amide bonds. The molecule has 3 rings (SSSR count). The summed E-state index contributed by atoms with van der Waals surface area (Å²) in [5.41, 5.74) is 2.97. The lowest BCUT2D eigenvalue weighted by atomic mass is 10.1. The van der Waals surface area contributed by atoms with Crippen LogP contribution in [0.25, 0.3) is 0 Å². The predicted octanol–water partition coefficient (Wildman–Crippen LogP) is 3.40. The van der Waals surface area contributed by atoms with E-state index in [1.54, 1.807) is 0 Å². The lowest BCUT2D eigenvalue weighted by molar-refractivity contribution is -0.114. The summed E-state index contributed by atoms with van der Waals surface area (Å²) in [5.74, 6) is -2.28. The summed E-state index contributed by atoms with van der Waals surface area (Å²) in [7, 11) is 0. The Balaban J connectivity index is 1.57. The van der Waals surface area contributed by atoms with Gasteiger partial charge in [-0.15, -0.1) is 0 Å². The third-order valence-corrected chi connectivity index (χ3v) is 4.50. The number of carbonyl (C=O) groups is 1. The van der Waals surface area contributed by atoms with Gasteiger partial charge in [0, 0.05) is 44.5 Å². The van der Waals surface area contributed by atoms with E-state index in [1.807, 2.05) is 19.1 Å². The number of amides is 1. The normalized spacial score (nSPS) is 15.1. The fourth-order valence-corrected chi connectivity index (χ4v) is 2.95. The highest BCUT2D eigenvalue weighted by Crippen LogP contribution is 2.19. The van der Waals surface area contributed by atoms with E-state index in [-0.39, 0.29) is 18.1 Å². The molecule has 6 nitrogen and oxygen atoms in total. The molecule has 1 saturated heterocycles. The minimum absolute atomic E-state index is 0.154. The van der Waals surface area contributed by atoms with Crippen LogP contribution in [-0.2, 0) is 11.3 Å². The number of hydrogen-bond donors (Lipinski definition) is 2. The fraction of sp³-hybridized carbons (Fsp3) is 0.350. The number of carbonyl (C=O) groups excluding carboxylic acids is 1. The van der Waals surface area contributed by atoms with Crippen molar-refractivity contribution in [1.82, 2.24) is 10.2 Å². The second-order valence-electron chi connectivity index (χ2n) is 6.72. The van der Waals surface area contributed by atoms with Gasteiger partial charge in [-0.1, -0.05) is 12.1 Å². The van der Waals surface area contributed by atoms with Crippen molar-refractivity contribution in [3.8, 4) is 0 Å². The van der Waals surface area contributed by atoms with Crippen LogP contribution in [0.1, 0.15) is 11.1 Å². The summed E-state index contributed by atoms with van der Waals surface area (Å²) in [5, 5.41) is 13.7. The van der Waals surface area contributed by atoms with Crippen LogP contribution in [0.15, 0.2) is 46.6 Å². The summed E-state index contributed by atoms with van der Waals surface area (Å²) < 4.78 is 26.0. The van der Waals surface area contributed by atoms with Gasteiger partial charge in [-0.3, -0.25) is 9.69 Å². The number of azo groups is 1. The molecule has 8 heteroatoms. The molecule has 1 heterocycles. The molecule has 1 aliphatic heterocycles. The minimum atomic E-state index is -1.00. The largest absolute Gasteiger partial charge is 0.324 e. The molecule has 2 aromatic rings. The average molecular weight is 387 g/mol. The van der Waals surface area contributed by atoms with E-state index in [9.17, 15) is 13.6 Å². The summed E-state index contributed by atoms with van der Waals surface area (Å²) in [6, 6.07) is 9.22. The molecular weight excluding hydrogens is 364 g/mol. The van der Waals surface area contributed by atoms with Gasteiger partial charge in [-0.05, 0) is 36.2 Å². The molecular formula is C20H23F2N5O. The van der Waals surface area contributed by atoms with Crippen LogP contribution in [0, 0.1) is 18.6 Å². The zero-order valence-corrected chi connectivity index (χ0v) is 15.7. The van der Waals surface area contributed by atoms with Gasteiger partial charge < -0.3 is 10.6 Å². The number of halogens is 2. The van der Waals surface area contributed by atoms with Crippen molar-refractivity contribution >= 4 is 17.3 Å². The van der Waals surface area contributed by atoms with Crippen molar-refractivity contribution in [2.24, 2.45) is 10.2 Å². The first kappa shape index (κ1) is 20.0. The number of aryl methyl sites for hydroxylation is 1. The molecule has 1 aliphatic rings. The van der Waals surface area contributed by atoms with Gasteiger partial charge in [0.1, 0.15) is 6.54 Å². The Morgan fingerprint density at radius 2 is 1.93 bits per heavy atom. The molecule has 0 saturated carbocycles. The molecule has 0 spiro atoms. The van der Waals surface area contributed by atoms with E-state index < -0.39 is 11.6 Å². The molecule has 0 aliphatic carbocycles. The van der Waals surface area contributed by atoms with E-state index >= 15 is 0 Å². The second kappa shape index (κ2) is 9.48. The van der Waals surface area contributed by atoms with Crippen LogP contribution >= 0.6 is 0 Å². The summed E-state index contributed by atoms with van der Waals surface area (Å²) >= 11 is 0. The van der Waals surface area contributed by atoms with Crippen molar-refractivity contribution in [1.29, 1.82) is 0 Å². The number of benzene rings is 2. The molecule has 0 aromatic heterocycles. The highest BCUT2D eigenvalue weighted by Gasteiger charge is 2.11. The lowest BCUT2D eigenvalue weighted by Gasteiger charge is -2.27. The van der Waals surface area contributed by atoms with Crippen molar-refractivity contribution in [2.45, 2.75) is 13.5 Å². The van der Waals surface area contributed by atoms with Crippen molar-refractivity contribution in [2.75, 3.05) is 38.0 Å². The Labute approximate surface area is 162 Å². The van der Waals surface area contributed by atoms with Gasteiger partial charge in [0.05, 0.1) is 5.69 Å². The molecule has 2 N–H and O–H groups in total. The Kier molecular flexibility index (Phi) is 6.78. The maximum absolute atomic E-state index is 13.1. The second-order valence-corrected chi connectivity index (χ2v) is 6.72. The van der Waals surface area contributed by atoms with Crippen molar-refractivity contribution in [3.05, 3.63) is 59.2 Å². The molecule has 0 atom stereocenters. The van der Waals surface area contributed by atoms with E-state index in [0.29, 0.717) is 0 Å². The first-order valence-electron chi connectivity index (χ1n) is 9.16. The van der Waals surface area contributed by atoms with E-state index in [4.69, 9.17) is 0 Å². The number of nitrogens with zero attached hydrogens (tertiary/aromatic N) is 3. The van der Waals surface area contributed by atoms with Gasteiger partial charge in [-0.25, -0.2) is 8.78 Å². The quantitative estimate of drug-likeness (QED) is 0.747. The van der Waals surface area contributed by atoms with Gasteiger partial charge in [0.25, 0.3) is 0 Å². The molecule has 28 heavy (non-hydrogen) atoms. The standard InChI is InChI=1S/C20H23F2N5O/c1-14-2-3-15(13-27-8-6-23-7-9-27)10-19(14)25-20(28)12-24-26-16-4-5-17(21)18(22)11-16/h2-5,10-11,23H,6-9,12-13H2,1H3,(H,25,28). The van der Waals surface area contributed by atoms with E-state index in [0.717, 1.165) is 61.7 Å². The topological polar surface area (TPSA) is 69.1 Å². The minimum Gasteiger partial charge on any atom is -0.324 e. The van der Waals surface area contributed by atoms with Crippen LogP contribution in [0.2, 0.25) is 0 Å².